The van der Waals surface area contributed by atoms with Gasteiger partial charge in [0.2, 0.25) is 0 Å². The molecule has 2 nitrogen and oxygen atoms in total. The summed E-state index contributed by atoms with van der Waals surface area (Å²) in [6, 6.07) is 5.38. The molecule has 1 aromatic carbocycles. The minimum atomic E-state index is -0.380. The Morgan fingerprint density at radius 2 is 1.88 bits per heavy atom. The molecule has 0 aromatic heterocycles. The molecule has 0 unspecified atom stereocenters. The number of benzene rings is 1. The molecule has 0 heterocycles. The molecule has 1 aromatic rings. The fraction of sp³-hybridized carbons (Fsp3) is 0.417. The summed E-state index contributed by atoms with van der Waals surface area (Å²) in [4.78, 5) is 11.4. The first-order chi connectivity index (χ1) is 7.74. The summed E-state index contributed by atoms with van der Waals surface area (Å²) in [6.45, 7) is 0.437. The van der Waals surface area contributed by atoms with E-state index in [0.29, 0.717) is 12.2 Å². The lowest BCUT2D eigenvalue weighted by Crippen LogP contribution is -2.06. The number of esters is 1. The molecule has 0 saturated carbocycles. The number of rotatable bonds is 6. The van der Waals surface area contributed by atoms with Crippen LogP contribution < -0.4 is 0 Å². The van der Waals surface area contributed by atoms with Crippen LogP contribution in [-0.2, 0) is 4.74 Å². The first-order valence-electron chi connectivity index (χ1n) is 5.22. The Hall–Kier alpha value is -0.650. The van der Waals surface area contributed by atoms with E-state index in [1.54, 1.807) is 0 Å². The van der Waals surface area contributed by atoms with E-state index in [-0.39, 0.29) is 11.8 Å². The Kier molecular flexibility index (Phi) is 6.37. The van der Waals surface area contributed by atoms with Gasteiger partial charge in [-0.05, 0) is 48.0 Å². The second-order valence-corrected chi connectivity index (χ2v) is 4.47. The molecule has 1 rings (SSSR count). The lowest BCUT2D eigenvalue weighted by Gasteiger charge is -2.04. The maximum Gasteiger partial charge on any atom is 0.338 e. The van der Waals surface area contributed by atoms with Crippen LogP contribution in [0.5, 0.6) is 0 Å². The van der Waals surface area contributed by atoms with E-state index in [1.165, 1.54) is 24.3 Å². The monoisotopic (exact) mass is 336 g/mol. The van der Waals surface area contributed by atoms with Gasteiger partial charge >= 0.3 is 5.97 Å². The quantitative estimate of drug-likeness (QED) is 0.343. The van der Waals surface area contributed by atoms with E-state index < -0.39 is 0 Å². The Balaban J connectivity index is 2.27. The summed E-state index contributed by atoms with van der Waals surface area (Å²) < 4.78 is 18.8. The molecule has 4 heteroatoms. The van der Waals surface area contributed by atoms with Gasteiger partial charge in [-0.1, -0.05) is 22.6 Å². The van der Waals surface area contributed by atoms with Crippen LogP contribution in [0.25, 0.3) is 0 Å². The summed E-state index contributed by atoms with van der Waals surface area (Å²) in [7, 11) is 0. The van der Waals surface area contributed by atoms with Gasteiger partial charge in [-0.3, -0.25) is 0 Å². The van der Waals surface area contributed by atoms with Gasteiger partial charge in [-0.25, -0.2) is 9.18 Å². The Labute approximate surface area is 108 Å². The first kappa shape index (κ1) is 13.4. The minimum Gasteiger partial charge on any atom is -0.462 e. The van der Waals surface area contributed by atoms with E-state index in [2.05, 4.69) is 22.6 Å². The van der Waals surface area contributed by atoms with E-state index in [4.69, 9.17) is 4.74 Å². The van der Waals surface area contributed by atoms with Gasteiger partial charge in [0, 0.05) is 0 Å². The molecule has 0 aliphatic carbocycles. The number of hydrogen-bond acceptors (Lipinski definition) is 2. The third-order valence-corrected chi connectivity index (χ3v) is 2.85. The van der Waals surface area contributed by atoms with Gasteiger partial charge in [-0.2, -0.15) is 0 Å². The summed E-state index contributed by atoms with van der Waals surface area (Å²) in [6.07, 6.45) is 3.10. The second-order valence-electron chi connectivity index (χ2n) is 3.39. The van der Waals surface area contributed by atoms with Gasteiger partial charge in [-0.15, -0.1) is 0 Å². The molecule has 0 spiro atoms. The van der Waals surface area contributed by atoms with E-state index in [0.717, 1.165) is 23.7 Å². The number of ether oxygens (including phenoxy) is 1. The number of alkyl halides is 1. The summed E-state index contributed by atoms with van der Waals surface area (Å²) in [5, 5.41) is 0. The van der Waals surface area contributed by atoms with Crippen LogP contribution >= 0.6 is 22.6 Å². The van der Waals surface area contributed by atoms with E-state index in [1.807, 2.05) is 0 Å². The van der Waals surface area contributed by atoms with Crippen molar-refractivity contribution in [2.45, 2.75) is 19.3 Å². The van der Waals surface area contributed by atoms with E-state index >= 15 is 0 Å². The molecular weight excluding hydrogens is 322 g/mol. The molecule has 0 bridgehead atoms. The second kappa shape index (κ2) is 7.60. The van der Waals surface area contributed by atoms with Crippen molar-refractivity contribution in [3.63, 3.8) is 0 Å². The van der Waals surface area contributed by atoms with Crippen molar-refractivity contribution >= 4 is 28.6 Å². The minimum absolute atomic E-state index is 0.349. The molecule has 88 valence electrons. The van der Waals surface area contributed by atoms with Gasteiger partial charge < -0.3 is 4.74 Å². The summed E-state index contributed by atoms with van der Waals surface area (Å²) >= 11 is 2.32. The molecule has 0 saturated heterocycles. The fourth-order valence-corrected chi connectivity index (χ4v) is 1.75. The highest BCUT2D eigenvalue weighted by molar-refractivity contribution is 14.1. The average Bonchev–Trinajstić information content (AvgIpc) is 2.29. The third kappa shape index (κ3) is 4.92. The molecule has 0 aliphatic heterocycles. The van der Waals surface area contributed by atoms with Crippen molar-refractivity contribution in [2.75, 3.05) is 11.0 Å². The predicted molar refractivity (Wildman–Crippen MR) is 69.4 cm³/mol. The van der Waals surface area contributed by atoms with Crippen LogP contribution in [0.1, 0.15) is 29.6 Å². The number of carbonyl (C=O) groups is 1. The van der Waals surface area contributed by atoms with Crippen LogP contribution in [0, 0.1) is 5.82 Å². The maximum atomic E-state index is 12.6. The van der Waals surface area contributed by atoms with Crippen LogP contribution in [0.15, 0.2) is 24.3 Å². The summed E-state index contributed by atoms with van der Waals surface area (Å²) in [5.74, 6) is -0.729. The highest BCUT2D eigenvalue weighted by atomic mass is 127. The molecule has 0 N–H and O–H groups in total. The standard InChI is InChI=1S/C12H14FIO2/c13-11-6-4-10(5-7-11)12(15)16-9-3-1-2-8-14/h4-7H,1-3,8-9H2. The number of carbonyl (C=O) groups excluding carboxylic acids is 1. The van der Waals surface area contributed by atoms with Gasteiger partial charge in [0.15, 0.2) is 0 Å². The number of unbranched alkanes of at least 4 members (excludes halogenated alkanes) is 2. The zero-order valence-corrected chi connectivity index (χ0v) is 11.1. The largest absolute Gasteiger partial charge is 0.462 e. The molecular formula is C12H14FIO2. The molecule has 16 heavy (non-hydrogen) atoms. The predicted octanol–water partition coefficient (Wildman–Crippen LogP) is 3.59. The van der Waals surface area contributed by atoms with Crippen LogP contribution in [0.4, 0.5) is 4.39 Å². The van der Waals surface area contributed by atoms with Crippen LogP contribution in [-0.4, -0.2) is 17.0 Å². The van der Waals surface area contributed by atoms with Crippen molar-refractivity contribution in [2.24, 2.45) is 0 Å². The lowest BCUT2D eigenvalue weighted by atomic mass is 10.2. The SMILES string of the molecule is O=C(OCCCCCI)c1ccc(F)cc1. The molecule has 0 atom stereocenters. The number of hydrogen-bond donors (Lipinski definition) is 0. The van der Waals surface area contributed by atoms with Crippen molar-refractivity contribution in [1.82, 2.24) is 0 Å². The van der Waals surface area contributed by atoms with Crippen LogP contribution in [0.2, 0.25) is 0 Å². The first-order valence-corrected chi connectivity index (χ1v) is 6.75. The number of halogens is 2. The van der Waals surface area contributed by atoms with Crippen molar-refractivity contribution < 1.29 is 13.9 Å². The fourth-order valence-electron chi connectivity index (χ4n) is 1.21. The zero-order chi connectivity index (χ0) is 11.8. The third-order valence-electron chi connectivity index (χ3n) is 2.09. The molecule has 0 fully saturated rings. The van der Waals surface area contributed by atoms with E-state index in [9.17, 15) is 9.18 Å². The van der Waals surface area contributed by atoms with Gasteiger partial charge in [0.25, 0.3) is 0 Å². The smallest absolute Gasteiger partial charge is 0.338 e. The van der Waals surface area contributed by atoms with Crippen molar-refractivity contribution in [3.05, 3.63) is 35.6 Å². The Bertz CT molecular complexity index is 324. The summed E-state index contributed by atoms with van der Waals surface area (Å²) in [5.41, 5.74) is 0.398. The average molecular weight is 336 g/mol. The molecule has 0 aliphatic rings. The van der Waals surface area contributed by atoms with Crippen molar-refractivity contribution in [3.8, 4) is 0 Å². The Morgan fingerprint density at radius 1 is 1.19 bits per heavy atom. The zero-order valence-electron chi connectivity index (χ0n) is 8.92. The van der Waals surface area contributed by atoms with Gasteiger partial charge in [0.05, 0.1) is 12.2 Å². The molecule has 0 radical (unpaired) electrons. The highest BCUT2D eigenvalue weighted by Gasteiger charge is 2.06. The van der Waals surface area contributed by atoms with Crippen LogP contribution in [0.3, 0.4) is 0 Å². The highest BCUT2D eigenvalue weighted by Crippen LogP contribution is 2.06. The van der Waals surface area contributed by atoms with Gasteiger partial charge in [0.1, 0.15) is 5.82 Å². The normalized spacial score (nSPS) is 10.1. The topological polar surface area (TPSA) is 26.3 Å². The lowest BCUT2D eigenvalue weighted by molar-refractivity contribution is 0.0498. The van der Waals surface area contributed by atoms with Crippen molar-refractivity contribution in [1.29, 1.82) is 0 Å². The molecule has 0 amide bonds. The Morgan fingerprint density at radius 3 is 2.50 bits per heavy atom. The maximum absolute atomic E-state index is 12.6.